The fraction of sp³-hybridized carbons (Fsp3) is 0.174. The lowest BCUT2D eigenvalue weighted by atomic mass is 10.1. The Balaban J connectivity index is 1.82. The molecule has 0 aliphatic heterocycles. The van der Waals surface area contributed by atoms with Gasteiger partial charge in [0.05, 0.1) is 22.1 Å². The van der Waals surface area contributed by atoms with Gasteiger partial charge in [0.2, 0.25) is 15.9 Å². The number of hydrogen-bond donors (Lipinski definition) is 1. The lowest BCUT2D eigenvalue weighted by Gasteiger charge is -2.22. The maximum Gasteiger partial charge on any atom is 0.271 e. The first-order valence-corrected chi connectivity index (χ1v) is 11.4. The molecule has 9 heteroatoms. The monoisotopic (exact) mass is 453 g/mol. The summed E-state index contributed by atoms with van der Waals surface area (Å²) >= 11 is 0. The number of hydrogen-bond acceptors (Lipinski definition) is 5. The Morgan fingerprint density at radius 3 is 2.25 bits per heavy atom. The van der Waals surface area contributed by atoms with Crippen LogP contribution in [0.5, 0.6) is 0 Å². The van der Waals surface area contributed by atoms with E-state index in [-0.39, 0.29) is 22.8 Å². The lowest BCUT2D eigenvalue weighted by Crippen LogP contribution is -2.39. The average molecular weight is 454 g/mol. The van der Waals surface area contributed by atoms with Crippen molar-refractivity contribution in [2.75, 3.05) is 18.4 Å². The Kier molecular flexibility index (Phi) is 7.34. The van der Waals surface area contributed by atoms with E-state index in [1.807, 2.05) is 30.3 Å². The van der Waals surface area contributed by atoms with Crippen LogP contribution in [0.3, 0.4) is 0 Å². The summed E-state index contributed by atoms with van der Waals surface area (Å²) in [7, 11) is -3.93. The molecule has 3 aromatic carbocycles. The second-order valence-electron chi connectivity index (χ2n) is 7.19. The summed E-state index contributed by atoms with van der Waals surface area (Å²) in [5.74, 6) is -0.582. The van der Waals surface area contributed by atoms with Crippen LogP contribution in [0.25, 0.3) is 0 Å². The summed E-state index contributed by atoms with van der Waals surface area (Å²) in [6.45, 7) is 1.38. The normalized spacial score (nSPS) is 11.3. The number of nitro groups is 1. The number of sulfonamides is 1. The smallest absolute Gasteiger partial charge is 0.271 e. The van der Waals surface area contributed by atoms with Crippen molar-refractivity contribution in [3.05, 3.63) is 100 Å². The zero-order chi connectivity index (χ0) is 23.1. The molecule has 0 bridgehead atoms. The largest absolute Gasteiger partial charge is 0.324 e. The Morgan fingerprint density at radius 2 is 1.62 bits per heavy atom. The highest BCUT2D eigenvalue weighted by Crippen LogP contribution is 2.22. The zero-order valence-corrected chi connectivity index (χ0v) is 18.3. The molecular formula is C23H23N3O5S. The van der Waals surface area contributed by atoms with Crippen molar-refractivity contribution in [2.45, 2.75) is 18.2 Å². The molecule has 0 atom stereocenters. The minimum absolute atomic E-state index is 0.0902. The van der Waals surface area contributed by atoms with Crippen LogP contribution in [0.2, 0.25) is 0 Å². The topological polar surface area (TPSA) is 110 Å². The van der Waals surface area contributed by atoms with Crippen LogP contribution in [0.1, 0.15) is 11.1 Å². The van der Waals surface area contributed by atoms with E-state index >= 15 is 0 Å². The first-order chi connectivity index (χ1) is 15.3. The number of nitro benzene ring substituents is 1. The van der Waals surface area contributed by atoms with Crippen molar-refractivity contribution in [3.8, 4) is 0 Å². The van der Waals surface area contributed by atoms with Crippen molar-refractivity contribution >= 4 is 27.3 Å². The number of carbonyl (C=O) groups is 1. The second-order valence-corrected chi connectivity index (χ2v) is 9.13. The maximum atomic E-state index is 13.2. The first-order valence-electron chi connectivity index (χ1n) is 9.91. The fourth-order valence-electron chi connectivity index (χ4n) is 3.13. The Bertz CT molecular complexity index is 1200. The minimum Gasteiger partial charge on any atom is -0.324 e. The van der Waals surface area contributed by atoms with Gasteiger partial charge in [-0.25, -0.2) is 8.42 Å². The van der Waals surface area contributed by atoms with E-state index in [1.165, 1.54) is 30.3 Å². The van der Waals surface area contributed by atoms with Crippen LogP contribution in [0.4, 0.5) is 11.4 Å². The number of nitrogens with one attached hydrogen (secondary N) is 1. The van der Waals surface area contributed by atoms with Crippen LogP contribution in [-0.4, -0.2) is 36.6 Å². The molecule has 0 radical (unpaired) electrons. The number of anilines is 1. The summed E-state index contributed by atoms with van der Waals surface area (Å²) in [5.41, 5.74) is 1.68. The second kappa shape index (κ2) is 10.2. The molecule has 0 heterocycles. The number of aryl methyl sites for hydroxylation is 1. The molecule has 0 fully saturated rings. The highest BCUT2D eigenvalue weighted by molar-refractivity contribution is 7.89. The number of non-ortho nitro benzene ring substituents is 1. The SMILES string of the molecule is Cc1ccc([N+](=O)[O-])cc1NC(=O)CN(CCc1ccccc1)S(=O)(=O)c1ccccc1. The Morgan fingerprint density at radius 1 is 1.00 bits per heavy atom. The summed E-state index contributed by atoms with van der Waals surface area (Å²) in [6, 6.07) is 21.4. The third kappa shape index (κ3) is 5.77. The third-order valence-electron chi connectivity index (χ3n) is 4.90. The van der Waals surface area contributed by atoms with Gasteiger partial charge in [-0.05, 0) is 36.6 Å². The molecule has 0 saturated carbocycles. The van der Waals surface area contributed by atoms with Gasteiger partial charge in [-0.2, -0.15) is 4.31 Å². The molecule has 0 saturated heterocycles. The van der Waals surface area contributed by atoms with Gasteiger partial charge in [0.25, 0.3) is 5.69 Å². The maximum absolute atomic E-state index is 13.2. The number of carbonyl (C=O) groups excluding carboxylic acids is 1. The van der Waals surface area contributed by atoms with Gasteiger partial charge in [-0.15, -0.1) is 0 Å². The summed E-state index contributed by atoms with van der Waals surface area (Å²) in [4.78, 5) is 23.3. The van der Waals surface area contributed by atoms with Crippen LogP contribution in [0, 0.1) is 17.0 Å². The van der Waals surface area contributed by atoms with E-state index in [9.17, 15) is 23.3 Å². The fourth-order valence-corrected chi connectivity index (χ4v) is 4.55. The van der Waals surface area contributed by atoms with Crippen molar-refractivity contribution in [3.63, 3.8) is 0 Å². The Hall–Kier alpha value is -3.56. The average Bonchev–Trinajstić information content (AvgIpc) is 2.79. The standard InChI is InChI=1S/C23H23N3O5S/c1-18-12-13-20(26(28)29)16-22(18)24-23(27)17-25(15-14-19-8-4-2-5-9-19)32(30,31)21-10-6-3-7-11-21/h2-13,16H,14-15,17H2,1H3,(H,24,27). The number of nitrogens with zero attached hydrogens (tertiary/aromatic N) is 2. The highest BCUT2D eigenvalue weighted by atomic mass is 32.2. The molecular weight excluding hydrogens is 430 g/mol. The van der Waals surface area contributed by atoms with Gasteiger partial charge in [0.15, 0.2) is 0 Å². The van der Waals surface area contributed by atoms with Gasteiger partial charge in [-0.3, -0.25) is 14.9 Å². The lowest BCUT2D eigenvalue weighted by molar-refractivity contribution is -0.384. The van der Waals surface area contributed by atoms with Gasteiger partial charge in [0.1, 0.15) is 0 Å². The predicted octanol–water partition coefficient (Wildman–Crippen LogP) is 3.78. The van der Waals surface area contributed by atoms with E-state index in [1.54, 1.807) is 25.1 Å². The van der Waals surface area contributed by atoms with E-state index in [2.05, 4.69) is 5.32 Å². The molecule has 0 unspecified atom stereocenters. The third-order valence-corrected chi connectivity index (χ3v) is 6.76. The van der Waals surface area contributed by atoms with Crippen molar-refractivity contribution < 1.29 is 18.1 Å². The molecule has 3 rings (SSSR count). The molecule has 0 aliphatic carbocycles. The van der Waals surface area contributed by atoms with E-state index in [4.69, 9.17) is 0 Å². The number of amides is 1. The summed E-state index contributed by atoms with van der Waals surface area (Å²) in [5, 5.41) is 13.6. The van der Waals surface area contributed by atoms with E-state index in [0.717, 1.165) is 9.87 Å². The minimum atomic E-state index is -3.93. The highest BCUT2D eigenvalue weighted by Gasteiger charge is 2.26. The first kappa shape index (κ1) is 23.1. The molecule has 8 nitrogen and oxygen atoms in total. The molecule has 32 heavy (non-hydrogen) atoms. The molecule has 0 aliphatic rings. The van der Waals surface area contributed by atoms with Crippen LogP contribution >= 0.6 is 0 Å². The van der Waals surface area contributed by atoms with Crippen LogP contribution in [0.15, 0.2) is 83.8 Å². The molecule has 0 aromatic heterocycles. The predicted molar refractivity (Wildman–Crippen MR) is 122 cm³/mol. The van der Waals surface area contributed by atoms with E-state index < -0.39 is 27.4 Å². The summed E-state index contributed by atoms with van der Waals surface area (Å²) < 4.78 is 27.5. The number of rotatable bonds is 9. The van der Waals surface area contributed by atoms with Gasteiger partial charge in [0, 0.05) is 18.7 Å². The molecule has 1 amide bonds. The van der Waals surface area contributed by atoms with Crippen LogP contribution < -0.4 is 5.32 Å². The van der Waals surface area contributed by atoms with Gasteiger partial charge in [-0.1, -0.05) is 54.6 Å². The van der Waals surface area contributed by atoms with E-state index in [0.29, 0.717) is 12.0 Å². The number of benzene rings is 3. The summed E-state index contributed by atoms with van der Waals surface area (Å²) in [6.07, 6.45) is 0.427. The molecule has 3 aromatic rings. The van der Waals surface area contributed by atoms with Crippen molar-refractivity contribution in [1.29, 1.82) is 0 Å². The van der Waals surface area contributed by atoms with Gasteiger partial charge < -0.3 is 5.32 Å². The van der Waals surface area contributed by atoms with Crippen molar-refractivity contribution in [2.24, 2.45) is 0 Å². The molecule has 1 N–H and O–H groups in total. The van der Waals surface area contributed by atoms with Gasteiger partial charge >= 0.3 is 0 Å². The Labute approximate surface area is 186 Å². The molecule has 0 spiro atoms. The quantitative estimate of drug-likeness (QED) is 0.392. The van der Waals surface area contributed by atoms with Crippen molar-refractivity contribution in [1.82, 2.24) is 4.31 Å². The van der Waals surface area contributed by atoms with Crippen LogP contribution in [-0.2, 0) is 21.2 Å². The molecule has 166 valence electrons. The zero-order valence-electron chi connectivity index (χ0n) is 17.5.